The fraction of sp³-hybridized carbons (Fsp3) is 0.400. The van der Waals surface area contributed by atoms with Gasteiger partial charge in [0.05, 0.1) is 6.04 Å². The van der Waals surface area contributed by atoms with E-state index in [2.05, 4.69) is 16.4 Å². The number of benzene rings is 1. The summed E-state index contributed by atoms with van der Waals surface area (Å²) in [5.41, 5.74) is 1.93. The molecule has 124 valence electrons. The van der Waals surface area contributed by atoms with E-state index in [4.69, 9.17) is 0 Å². The van der Waals surface area contributed by atoms with Crippen molar-refractivity contribution in [1.82, 2.24) is 9.88 Å². The zero-order valence-electron chi connectivity index (χ0n) is 13.8. The SMILES string of the molecule is O=C(c1ccccc1)N1CCCC[C@H]1c1cccnc1NC1CC1. The molecule has 2 aliphatic rings. The molecule has 1 aromatic carbocycles. The second-order valence-electron chi connectivity index (χ2n) is 6.74. The number of aromatic nitrogens is 1. The molecule has 0 spiro atoms. The molecule has 1 saturated carbocycles. The summed E-state index contributed by atoms with van der Waals surface area (Å²) >= 11 is 0. The standard InChI is InChI=1S/C20H23N3O/c24-20(15-7-2-1-3-8-15)23-14-5-4-10-18(23)17-9-6-13-21-19(17)22-16-11-12-16/h1-3,6-9,13,16,18H,4-5,10-12,14H2,(H,21,22)/t18-/m0/s1. The molecule has 1 atom stereocenters. The molecule has 24 heavy (non-hydrogen) atoms. The Bertz CT molecular complexity index is 712. The van der Waals surface area contributed by atoms with Gasteiger partial charge in [-0.25, -0.2) is 4.98 Å². The molecule has 0 bridgehead atoms. The van der Waals surface area contributed by atoms with Gasteiger partial charge in [-0.3, -0.25) is 4.79 Å². The maximum Gasteiger partial charge on any atom is 0.254 e. The van der Waals surface area contributed by atoms with Crippen LogP contribution in [0.1, 0.15) is 54.1 Å². The van der Waals surface area contributed by atoms with Crippen LogP contribution in [0.5, 0.6) is 0 Å². The number of carbonyl (C=O) groups excluding carboxylic acids is 1. The van der Waals surface area contributed by atoms with Crippen molar-refractivity contribution in [2.45, 2.75) is 44.2 Å². The first-order valence-corrected chi connectivity index (χ1v) is 8.90. The van der Waals surface area contributed by atoms with Crippen LogP contribution in [0.25, 0.3) is 0 Å². The minimum absolute atomic E-state index is 0.112. The van der Waals surface area contributed by atoms with Crippen molar-refractivity contribution in [3.8, 4) is 0 Å². The fourth-order valence-electron chi connectivity index (χ4n) is 3.47. The number of anilines is 1. The van der Waals surface area contributed by atoms with Crippen LogP contribution >= 0.6 is 0 Å². The average molecular weight is 321 g/mol. The molecule has 1 saturated heterocycles. The van der Waals surface area contributed by atoms with Gasteiger partial charge in [-0.05, 0) is 50.3 Å². The number of hydrogen-bond acceptors (Lipinski definition) is 3. The Morgan fingerprint density at radius 2 is 1.88 bits per heavy atom. The molecule has 2 fully saturated rings. The van der Waals surface area contributed by atoms with Gasteiger partial charge < -0.3 is 10.2 Å². The lowest BCUT2D eigenvalue weighted by Gasteiger charge is -2.36. The number of nitrogens with zero attached hydrogens (tertiary/aromatic N) is 2. The number of carbonyl (C=O) groups is 1. The summed E-state index contributed by atoms with van der Waals surface area (Å²) < 4.78 is 0. The van der Waals surface area contributed by atoms with E-state index in [0.29, 0.717) is 6.04 Å². The van der Waals surface area contributed by atoms with Crippen molar-refractivity contribution in [1.29, 1.82) is 0 Å². The van der Waals surface area contributed by atoms with E-state index >= 15 is 0 Å². The first-order valence-electron chi connectivity index (χ1n) is 8.90. The normalized spacial score (nSPS) is 20.7. The van der Waals surface area contributed by atoms with Crippen LogP contribution in [-0.4, -0.2) is 28.4 Å². The number of piperidine rings is 1. The third-order valence-corrected chi connectivity index (χ3v) is 4.90. The molecule has 4 nitrogen and oxygen atoms in total. The van der Waals surface area contributed by atoms with Crippen LogP contribution in [0.4, 0.5) is 5.82 Å². The topological polar surface area (TPSA) is 45.2 Å². The summed E-state index contributed by atoms with van der Waals surface area (Å²) in [5.74, 6) is 1.08. The lowest BCUT2D eigenvalue weighted by atomic mass is 9.94. The molecule has 0 unspecified atom stereocenters. The summed E-state index contributed by atoms with van der Waals surface area (Å²) in [7, 11) is 0. The van der Waals surface area contributed by atoms with Gasteiger partial charge in [0.2, 0.25) is 0 Å². The first kappa shape index (κ1) is 15.2. The second kappa shape index (κ2) is 6.63. The summed E-state index contributed by atoms with van der Waals surface area (Å²) in [5, 5.41) is 3.53. The van der Waals surface area contributed by atoms with Crippen molar-refractivity contribution in [2.75, 3.05) is 11.9 Å². The highest BCUT2D eigenvalue weighted by atomic mass is 16.2. The molecule has 1 aliphatic carbocycles. The molecule has 1 amide bonds. The summed E-state index contributed by atoms with van der Waals surface area (Å²) in [6.45, 7) is 0.816. The molecule has 4 rings (SSSR count). The molecular formula is C20H23N3O. The van der Waals surface area contributed by atoms with Crippen molar-refractivity contribution in [3.05, 3.63) is 59.8 Å². The van der Waals surface area contributed by atoms with Gasteiger partial charge in [0, 0.05) is 29.9 Å². The minimum Gasteiger partial charge on any atom is -0.367 e. The first-order chi connectivity index (χ1) is 11.8. The van der Waals surface area contributed by atoms with E-state index in [-0.39, 0.29) is 11.9 Å². The van der Waals surface area contributed by atoms with E-state index in [0.717, 1.165) is 42.8 Å². The van der Waals surface area contributed by atoms with Crippen LogP contribution in [0, 0.1) is 0 Å². The van der Waals surface area contributed by atoms with E-state index in [1.165, 1.54) is 12.8 Å². The number of rotatable bonds is 4. The van der Waals surface area contributed by atoms with Gasteiger partial charge in [0.1, 0.15) is 5.82 Å². The van der Waals surface area contributed by atoms with Gasteiger partial charge in [-0.1, -0.05) is 24.3 Å². The maximum absolute atomic E-state index is 13.0. The summed E-state index contributed by atoms with van der Waals surface area (Å²) in [6, 6.07) is 14.4. The smallest absolute Gasteiger partial charge is 0.254 e. The summed E-state index contributed by atoms with van der Waals surface area (Å²) in [6.07, 6.45) is 7.49. The lowest BCUT2D eigenvalue weighted by molar-refractivity contribution is 0.0612. The van der Waals surface area contributed by atoms with Crippen molar-refractivity contribution in [3.63, 3.8) is 0 Å². The van der Waals surface area contributed by atoms with Crippen molar-refractivity contribution in [2.24, 2.45) is 0 Å². The van der Waals surface area contributed by atoms with Gasteiger partial charge in [0.15, 0.2) is 0 Å². The molecule has 2 heterocycles. The highest BCUT2D eigenvalue weighted by Crippen LogP contribution is 2.36. The maximum atomic E-state index is 13.0. The zero-order valence-corrected chi connectivity index (χ0v) is 13.8. The number of amides is 1. The van der Waals surface area contributed by atoms with Gasteiger partial charge in [-0.15, -0.1) is 0 Å². The lowest BCUT2D eigenvalue weighted by Crippen LogP contribution is -2.38. The Balaban J connectivity index is 1.64. The predicted molar refractivity (Wildman–Crippen MR) is 95.0 cm³/mol. The molecule has 1 N–H and O–H groups in total. The Morgan fingerprint density at radius 1 is 1.04 bits per heavy atom. The largest absolute Gasteiger partial charge is 0.367 e. The Hall–Kier alpha value is -2.36. The second-order valence-corrected chi connectivity index (χ2v) is 6.74. The minimum atomic E-state index is 0.112. The fourth-order valence-corrected chi connectivity index (χ4v) is 3.47. The van der Waals surface area contributed by atoms with E-state index in [1.54, 1.807) is 0 Å². The predicted octanol–water partition coefficient (Wildman–Crippen LogP) is 4.02. The molecule has 1 aliphatic heterocycles. The number of hydrogen-bond donors (Lipinski definition) is 1. The van der Waals surface area contributed by atoms with Crippen molar-refractivity contribution >= 4 is 11.7 Å². The molecular weight excluding hydrogens is 298 g/mol. The highest BCUT2D eigenvalue weighted by Gasteiger charge is 2.31. The Morgan fingerprint density at radius 3 is 2.67 bits per heavy atom. The third-order valence-electron chi connectivity index (χ3n) is 4.90. The third kappa shape index (κ3) is 3.14. The van der Waals surface area contributed by atoms with Crippen LogP contribution < -0.4 is 5.32 Å². The van der Waals surface area contributed by atoms with Crippen LogP contribution in [0.15, 0.2) is 48.7 Å². The van der Waals surface area contributed by atoms with E-state index in [1.807, 2.05) is 47.5 Å². The van der Waals surface area contributed by atoms with E-state index < -0.39 is 0 Å². The molecule has 1 aromatic heterocycles. The molecule has 2 aromatic rings. The van der Waals surface area contributed by atoms with Gasteiger partial charge in [-0.2, -0.15) is 0 Å². The van der Waals surface area contributed by atoms with Crippen LogP contribution in [0.2, 0.25) is 0 Å². The monoisotopic (exact) mass is 321 g/mol. The van der Waals surface area contributed by atoms with Crippen molar-refractivity contribution < 1.29 is 4.79 Å². The molecule has 0 radical (unpaired) electrons. The van der Waals surface area contributed by atoms with E-state index in [9.17, 15) is 4.79 Å². The van der Waals surface area contributed by atoms with Crippen LogP contribution in [-0.2, 0) is 0 Å². The Kier molecular flexibility index (Phi) is 4.20. The quantitative estimate of drug-likeness (QED) is 0.925. The number of likely N-dealkylation sites (tertiary alicyclic amines) is 1. The highest BCUT2D eigenvalue weighted by molar-refractivity contribution is 5.94. The van der Waals surface area contributed by atoms with Crippen LogP contribution in [0.3, 0.4) is 0 Å². The Labute approximate surface area is 142 Å². The number of pyridine rings is 1. The van der Waals surface area contributed by atoms with Gasteiger partial charge in [0.25, 0.3) is 5.91 Å². The van der Waals surface area contributed by atoms with Gasteiger partial charge >= 0.3 is 0 Å². The number of nitrogens with one attached hydrogen (secondary N) is 1. The average Bonchev–Trinajstić information content (AvgIpc) is 3.46. The zero-order chi connectivity index (χ0) is 16.4. The summed E-state index contributed by atoms with van der Waals surface area (Å²) in [4.78, 5) is 19.6. The molecule has 4 heteroatoms.